The summed E-state index contributed by atoms with van der Waals surface area (Å²) in [5, 5.41) is 11.1. The number of imidazole rings is 1. The fourth-order valence-corrected chi connectivity index (χ4v) is 5.15. The first-order chi connectivity index (χ1) is 20.0. The van der Waals surface area contributed by atoms with Gasteiger partial charge in [-0.25, -0.2) is 9.78 Å². The van der Waals surface area contributed by atoms with E-state index in [1.807, 2.05) is 56.3 Å². The van der Waals surface area contributed by atoms with Gasteiger partial charge in [0.1, 0.15) is 5.60 Å². The first-order valence-electron chi connectivity index (χ1n) is 14.7. The summed E-state index contributed by atoms with van der Waals surface area (Å²) >= 11 is 0. The summed E-state index contributed by atoms with van der Waals surface area (Å²) in [6, 6.07) is 6.46. The van der Waals surface area contributed by atoms with E-state index in [1.165, 1.54) is 0 Å². The van der Waals surface area contributed by atoms with E-state index in [2.05, 4.69) is 63.9 Å². The van der Waals surface area contributed by atoms with Crippen LogP contribution in [-0.2, 0) is 11.3 Å². The fraction of sp³-hybridized carbons (Fsp3) is 0.533. The lowest BCUT2D eigenvalue weighted by atomic mass is 10.1. The van der Waals surface area contributed by atoms with Gasteiger partial charge in [-0.15, -0.1) is 0 Å². The largest absolute Gasteiger partial charge is 0.444 e. The summed E-state index contributed by atoms with van der Waals surface area (Å²) in [7, 11) is 0. The number of ether oxygens (including phenoxy) is 1. The van der Waals surface area contributed by atoms with Crippen LogP contribution < -0.4 is 15.5 Å². The highest BCUT2D eigenvalue weighted by molar-refractivity contribution is 5.84. The number of hydrogen-bond acceptors (Lipinski definition) is 9. The Labute approximate surface area is 246 Å². The number of anilines is 2. The normalized spacial score (nSPS) is 14.6. The summed E-state index contributed by atoms with van der Waals surface area (Å²) in [5.74, 6) is 1.32. The van der Waals surface area contributed by atoms with Crippen LogP contribution in [0.25, 0.3) is 22.6 Å². The first-order valence-corrected chi connectivity index (χ1v) is 14.7. The van der Waals surface area contributed by atoms with Crippen molar-refractivity contribution in [1.82, 2.24) is 39.6 Å². The maximum absolute atomic E-state index is 12.3. The number of rotatable bonds is 8. The maximum Gasteiger partial charge on any atom is 0.407 e. The maximum atomic E-state index is 12.3. The zero-order valence-electron chi connectivity index (χ0n) is 25.6. The van der Waals surface area contributed by atoms with Crippen molar-refractivity contribution in [3.8, 4) is 11.4 Å². The monoisotopic (exact) mass is 574 g/mol. The Hall–Kier alpha value is -4.22. The predicted octanol–water partition coefficient (Wildman–Crippen LogP) is 5.35. The molecule has 4 aromatic rings. The van der Waals surface area contributed by atoms with E-state index in [1.54, 1.807) is 0 Å². The predicted molar refractivity (Wildman–Crippen MR) is 163 cm³/mol. The highest BCUT2D eigenvalue weighted by Crippen LogP contribution is 2.28. The summed E-state index contributed by atoms with van der Waals surface area (Å²) in [6.07, 6.45) is 6.62. The molecule has 2 N–H and O–H groups in total. The van der Waals surface area contributed by atoms with E-state index in [0.717, 1.165) is 41.0 Å². The molecule has 224 valence electrons. The van der Waals surface area contributed by atoms with Gasteiger partial charge in [0.25, 0.3) is 0 Å². The van der Waals surface area contributed by atoms with Crippen LogP contribution in [0.4, 0.5) is 16.6 Å². The van der Waals surface area contributed by atoms with Gasteiger partial charge in [0.15, 0.2) is 17.0 Å². The second-order valence-corrected chi connectivity index (χ2v) is 12.3. The van der Waals surface area contributed by atoms with Crippen LogP contribution in [0, 0.1) is 0 Å². The van der Waals surface area contributed by atoms with Gasteiger partial charge in [0.05, 0.1) is 17.7 Å². The summed E-state index contributed by atoms with van der Waals surface area (Å²) in [6.45, 7) is 16.0. The van der Waals surface area contributed by atoms with E-state index >= 15 is 0 Å². The topological polar surface area (TPSA) is 128 Å². The minimum absolute atomic E-state index is 0.0434. The molecule has 1 saturated heterocycles. The van der Waals surface area contributed by atoms with Crippen LogP contribution in [0.5, 0.6) is 0 Å². The molecule has 4 aromatic heterocycles. The van der Waals surface area contributed by atoms with E-state index < -0.39 is 5.60 Å². The van der Waals surface area contributed by atoms with Crippen LogP contribution in [0.15, 0.2) is 36.9 Å². The van der Waals surface area contributed by atoms with Crippen LogP contribution >= 0.6 is 0 Å². The molecule has 0 atom stereocenters. The second-order valence-electron chi connectivity index (χ2n) is 12.3. The summed E-state index contributed by atoms with van der Waals surface area (Å²) < 4.78 is 9.49. The number of carbonyl (C=O) groups is 1. The smallest absolute Gasteiger partial charge is 0.407 e. The van der Waals surface area contributed by atoms with Crippen molar-refractivity contribution in [1.29, 1.82) is 0 Å². The van der Waals surface area contributed by atoms with Gasteiger partial charge < -0.3 is 24.8 Å². The molecule has 0 aromatic carbocycles. The molecule has 5 heterocycles. The molecule has 0 spiro atoms. The molecule has 0 saturated carbocycles. The van der Waals surface area contributed by atoms with Crippen molar-refractivity contribution < 1.29 is 9.53 Å². The SMILES string of the molecule is CC(C)n1nccc1-c1ncccc1CNc1nc(N2CCC(NC(=O)OC(C)(C)C)CC2)nc2c1ncn2C(C)C. The second kappa shape index (κ2) is 11.9. The molecule has 12 heteroatoms. The molecule has 1 fully saturated rings. The lowest BCUT2D eigenvalue weighted by molar-refractivity contribution is 0.0497. The third-order valence-electron chi connectivity index (χ3n) is 7.20. The Balaban J connectivity index is 1.38. The Bertz CT molecular complexity index is 1530. The molecule has 0 radical (unpaired) electrons. The Kier molecular flexibility index (Phi) is 8.33. The number of amides is 1. The van der Waals surface area contributed by atoms with Gasteiger partial charge in [-0.1, -0.05) is 6.07 Å². The Morgan fingerprint density at radius 1 is 1.05 bits per heavy atom. The Morgan fingerprint density at radius 3 is 2.50 bits per heavy atom. The zero-order valence-corrected chi connectivity index (χ0v) is 25.6. The number of carbonyl (C=O) groups excluding carboxylic acids is 1. The van der Waals surface area contributed by atoms with Gasteiger partial charge in [-0.05, 0) is 79.0 Å². The summed E-state index contributed by atoms with van der Waals surface area (Å²) in [4.78, 5) is 33.8. The molecule has 0 aliphatic carbocycles. The van der Waals surface area contributed by atoms with E-state index in [0.29, 0.717) is 31.4 Å². The number of pyridine rings is 1. The van der Waals surface area contributed by atoms with Gasteiger partial charge in [-0.2, -0.15) is 15.1 Å². The lowest BCUT2D eigenvalue weighted by Gasteiger charge is -2.33. The number of alkyl carbamates (subject to hydrolysis) is 1. The molecule has 42 heavy (non-hydrogen) atoms. The summed E-state index contributed by atoms with van der Waals surface area (Å²) in [5.41, 5.74) is 3.88. The quantitative estimate of drug-likeness (QED) is 0.286. The van der Waals surface area contributed by atoms with Crippen molar-refractivity contribution in [3.05, 3.63) is 42.5 Å². The number of nitrogens with one attached hydrogen (secondary N) is 2. The third-order valence-corrected chi connectivity index (χ3v) is 7.20. The molecule has 12 nitrogen and oxygen atoms in total. The third kappa shape index (κ3) is 6.47. The molecule has 1 amide bonds. The van der Waals surface area contributed by atoms with Crippen molar-refractivity contribution in [2.45, 2.75) is 91.6 Å². The number of fused-ring (bicyclic) bond motifs is 1. The van der Waals surface area contributed by atoms with Gasteiger partial charge in [0, 0.05) is 50.2 Å². The van der Waals surface area contributed by atoms with Gasteiger partial charge >= 0.3 is 6.09 Å². The average molecular weight is 575 g/mol. The zero-order chi connectivity index (χ0) is 30.0. The molecule has 1 aliphatic rings. The minimum Gasteiger partial charge on any atom is -0.444 e. The van der Waals surface area contributed by atoms with E-state index in [9.17, 15) is 4.79 Å². The fourth-order valence-electron chi connectivity index (χ4n) is 5.15. The van der Waals surface area contributed by atoms with Crippen molar-refractivity contribution in [2.24, 2.45) is 0 Å². The van der Waals surface area contributed by atoms with Crippen LogP contribution in [0.3, 0.4) is 0 Å². The minimum atomic E-state index is -0.525. The van der Waals surface area contributed by atoms with Crippen LogP contribution in [0.1, 0.15) is 79.0 Å². The van der Waals surface area contributed by atoms with Crippen LogP contribution in [-0.4, -0.2) is 65.1 Å². The molecular weight excluding hydrogens is 532 g/mol. The van der Waals surface area contributed by atoms with Crippen molar-refractivity contribution in [3.63, 3.8) is 0 Å². The molecule has 1 aliphatic heterocycles. The first kappa shape index (κ1) is 29.3. The Morgan fingerprint density at radius 2 is 1.81 bits per heavy atom. The number of aromatic nitrogens is 7. The number of hydrogen-bond donors (Lipinski definition) is 2. The number of piperidine rings is 1. The van der Waals surface area contributed by atoms with Gasteiger partial charge in [0.2, 0.25) is 5.95 Å². The number of nitrogens with zero attached hydrogens (tertiary/aromatic N) is 8. The van der Waals surface area contributed by atoms with Crippen molar-refractivity contribution >= 4 is 29.0 Å². The van der Waals surface area contributed by atoms with Gasteiger partial charge in [-0.3, -0.25) is 9.67 Å². The van der Waals surface area contributed by atoms with Crippen LogP contribution in [0.2, 0.25) is 0 Å². The van der Waals surface area contributed by atoms with Crippen molar-refractivity contribution in [2.75, 3.05) is 23.3 Å². The van der Waals surface area contributed by atoms with E-state index in [4.69, 9.17) is 19.7 Å². The lowest BCUT2D eigenvalue weighted by Crippen LogP contribution is -2.46. The highest BCUT2D eigenvalue weighted by Gasteiger charge is 2.26. The molecular formula is C30H42N10O2. The molecule has 0 bridgehead atoms. The molecule has 0 unspecified atom stereocenters. The standard InChI is InChI=1S/C30H42N10O2/c1-19(2)39-18-33-25-26(32-17-21-9-8-13-31-24(21)23-10-14-34-40(23)20(3)4)36-28(37-27(25)39)38-15-11-22(12-16-38)35-29(41)42-30(5,6)7/h8-10,13-14,18-20,22H,11-12,15-17H2,1-7H3,(H,35,41)(H,32,36,37). The molecule has 5 rings (SSSR count). The van der Waals surface area contributed by atoms with E-state index in [-0.39, 0.29) is 24.2 Å². The highest BCUT2D eigenvalue weighted by atomic mass is 16.6. The average Bonchev–Trinajstić information content (AvgIpc) is 3.59.